The van der Waals surface area contributed by atoms with E-state index in [1.807, 2.05) is 0 Å². The second-order valence-corrected chi connectivity index (χ2v) is 3.84. The highest BCUT2D eigenvalue weighted by Gasteiger charge is 2.74. The Morgan fingerprint density at radius 1 is 0.895 bits per heavy atom. The van der Waals surface area contributed by atoms with Crippen LogP contribution in [0.1, 0.15) is 11.1 Å². The molecule has 0 aromatic heterocycles. The summed E-state index contributed by atoms with van der Waals surface area (Å²) in [7, 11) is 0. The van der Waals surface area contributed by atoms with Crippen LogP contribution in [0, 0.1) is 12.7 Å². The summed E-state index contributed by atoms with van der Waals surface area (Å²) in [6.07, 6.45) is -12.7. The highest BCUT2D eigenvalue weighted by Crippen LogP contribution is 2.54. The standard InChI is InChI=1S/C10H7F8N/c1-4-2-5(6(11)3-7(4)19)8(12,9(13,14)15)10(16,17)18/h2-3H,19H2,1H3. The number of benzene rings is 1. The van der Waals surface area contributed by atoms with Gasteiger partial charge in [0.15, 0.2) is 0 Å². The van der Waals surface area contributed by atoms with Crippen molar-refractivity contribution in [3.05, 3.63) is 29.1 Å². The molecular formula is C10H7F8N. The zero-order valence-corrected chi connectivity index (χ0v) is 9.26. The van der Waals surface area contributed by atoms with Crippen molar-refractivity contribution in [2.45, 2.75) is 24.9 Å². The first-order valence-corrected chi connectivity index (χ1v) is 4.71. The van der Waals surface area contributed by atoms with Gasteiger partial charge in [0.25, 0.3) is 0 Å². The second kappa shape index (κ2) is 4.24. The Balaban J connectivity index is 3.66. The van der Waals surface area contributed by atoms with Crippen LogP contribution in [0.5, 0.6) is 0 Å². The molecule has 0 spiro atoms. The van der Waals surface area contributed by atoms with Gasteiger partial charge in [-0.1, -0.05) is 0 Å². The van der Waals surface area contributed by atoms with E-state index in [4.69, 9.17) is 5.73 Å². The molecule has 0 aliphatic heterocycles. The average Bonchev–Trinajstić information content (AvgIpc) is 2.19. The summed E-state index contributed by atoms with van der Waals surface area (Å²) in [5.74, 6) is -2.01. The van der Waals surface area contributed by atoms with E-state index < -0.39 is 29.4 Å². The third-order valence-electron chi connectivity index (χ3n) is 2.51. The molecule has 0 amide bonds. The smallest absolute Gasteiger partial charge is 0.398 e. The molecule has 0 heterocycles. The van der Waals surface area contributed by atoms with Gasteiger partial charge in [0.05, 0.1) is 0 Å². The van der Waals surface area contributed by atoms with Gasteiger partial charge < -0.3 is 5.73 Å². The van der Waals surface area contributed by atoms with Crippen LogP contribution in [0.3, 0.4) is 0 Å². The number of nitrogen functional groups attached to an aromatic ring is 1. The number of rotatable bonds is 1. The number of aryl methyl sites for hydroxylation is 1. The number of hydrogen-bond donors (Lipinski definition) is 1. The third kappa shape index (κ3) is 2.33. The molecule has 19 heavy (non-hydrogen) atoms. The molecule has 0 unspecified atom stereocenters. The van der Waals surface area contributed by atoms with Crippen LogP contribution in [0.25, 0.3) is 0 Å². The fourth-order valence-corrected chi connectivity index (χ4v) is 1.43. The van der Waals surface area contributed by atoms with Crippen molar-refractivity contribution >= 4 is 5.69 Å². The SMILES string of the molecule is Cc1cc(C(F)(C(F)(F)F)C(F)(F)F)c(F)cc1N. The van der Waals surface area contributed by atoms with E-state index in [1.165, 1.54) is 0 Å². The van der Waals surface area contributed by atoms with Gasteiger partial charge >= 0.3 is 18.0 Å². The van der Waals surface area contributed by atoms with Gasteiger partial charge in [-0.3, -0.25) is 0 Å². The van der Waals surface area contributed by atoms with Crippen molar-refractivity contribution in [2.24, 2.45) is 0 Å². The molecule has 0 bridgehead atoms. The van der Waals surface area contributed by atoms with E-state index in [9.17, 15) is 35.1 Å². The Bertz CT molecular complexity index is 474. The van der Waals surface area contributed by atoms with Gasteiger partial charge in [-0.05, 0) is 24.6 Å². The van der Waals surface area contributed by atoms with E-state index in [2.05, 4.69) is 0 Å². The van der Waals surface area contributed by atoms with Gasteiger partial charge in [-0.25, -0.2) is 8.78 Å². The fraction of sp³-hybridized carbons (Fsp3) is 0.400. The summed E-state index contributed by atoms with van der Waals surface area (Å²) >= 11 is 0. The van der Waals surface area contributed by atoms with Crippen molar-refractivity contribution in [3.63, 3.8) is 0 Å². The van der Waals surface area contributed by atoms with Crippen LogP contribution in [0.2, 0.25) is 0 Å². The molecule has 1 rings (SSSR count). The number of alkyl halides is 7. The Morgan fingerprint density at radius 3 is 1.68 bits per heavy atom. The minimum absolute atomic E-state index is 0.103. The lowest BCUT2D eigenvalue weighted by molar-refractivity contribution is -0.349. The predicted molar refractivity (Wildman–Crippen MR) is 50.4 cm³/mol. The average molecular weight is 293 g/mol. The van der Waals surface area contributed by atoms with Crippen LogP contribution >= 0.6 is 0 Å². The maximum atomic E-state index is 13.6. The quantitative estimate of drug-likeness (QED) is 0.614. The predicted octanol–water partition coefficient (Wildman–Crippen LogP) is 4.01. The lowest BCUT2D eigenvalue weighted by atomic mass is 9.92. The van der Waals surface area contributed by atoms with E-state index in [1.54, 1.807) is 0 Å². The van der Waals surface area contributed by atoms with E-state index in [0.717, 1.165) is 6.92 Å². The highest BCUT2D eigenvalue weighted by atomic mass is 19.4. The van der Waals surface area contributed by atoms with E-state index in [0.29, 0.717) is 0 Å². The largest absolute Gasteiger partial charge is 0.436 e. The van der Waals surface area contributed by atoms with Gasteiger partial charge in [-0.2, -0.15) is 26.3 Å². The summed E-state index contributed by atoms with van der Waals surface area (Å²) in [4.78, 5) is 0. The van der Waals surface area contributed by atoms with Crippen LogP contribution in [0.15, 0.2) is 12.1 Å². The van der Waals surface area contributed by atoms with Crippen molar-refractivity contribution in [2.75, 3.05) is 5.73 Å². The summed E-state index contributed by atoms with van der Waals surface area (Å²) in [6, 6.07) is 0.322. The first kappa shape index (κ1) is 15.5. The number of halogens is 8. The monoisotopic (exact) mass is 293 g/mol. The summed E-state index contributed by atoms with van der Waals surface area (Å²) in [5, 5.41) is 0. The Kier molecular flexibility index (Phi) is 3.46. The van der Waals surface area contributed by atoms with Crippen LogP contribution < -0.4 is 5.73 Å². The first-order chi connectivity index (χ1) is 8.32. The number of hydrogen-bond acceptors (Lipinski definition) is 1. The number of nitrogens with two attached hydrogens (primary N) is 1. The first-order valence-electron chi connectivity index (χ1n) is 4.71. The molecule has 0 fully saturated rings. The topological polar surface area (TPSA) is 26.0 Å². The second-order valence-electron chi connectivity index (χ2n) is 3.84. The Labute approximate surface area is 102 Å². The van der Waals surface area contributed by atoms with Gasteiger partial charge in [-0.15, -0.1) is 0 Å². The van der Waals surface area contributed by atoms with Crippen molar-refractivity contribution < 1.29 is 35.1 Å². The van der Waals surface area contributed by atoms with E-state index in [-0.39, 0.29) is 23.4 Å². The molecule has 1 aromatic carbocycles. The van der Waals surface area contributed by atoms with Crippen molar-refractivity contribution in [1.82, 2.24) is 0 Å². The van der Waals surface area contributed by atoms with Crippen LogP contribution in [0.4, 0.5) is 40.8 Å². The summed E-state index contributed by atoms with van der Waals surface area (Å²) in [5.41, 5.74) is -3.50. The molecule has 0 saturated carbocycles. The molecule has 0 atom stereocenters. The fourth-order valence-electron chi connectivity index (χ4n) is 1.43. The minimum atomic E-state index is -6.35. The zero-order valence-electron chi connectivity index (χ0n) is 9.26. The normalized spacial score (nSPS) is 13.7. The molecule has 9 heteroatoms. The maximum Gasteiger partial charge on any atom is 0.436 e. The van der Waals surface area contributed by atoms with Crippen LogP contribution in [-0.2, 0) is 5.67 Å². The Hall–Kier alpha value is -1.54. The minimum Gasteiger partial charge on any atom is -0.398 e. The lowest BCUT2D eigenvalue weighted by Crippen LogP contribution is -2.51. The summed E-state index contributed by atoms with van der Waals surface area (Å²) < 4.78 is 101. The highest BCUT2D eigenvalue weighted by molar-refractivity contribution is 5.50. The molecule has 0 radical (unpaired) electrons. The lowest BCUT2D eigenvalue weighted by Gasteiger charge is -2.30. The summed E-state index contributed by atoms with van der Waals surface area (Å²) in [6.45, 7) is 1.03. The van der Waals surface area contributed by atoms with Gasteiger partial charge in [0.1, 0.15) is 5.82 Å². The van der Waals surface area contributed by atoms with E-state index >= 15 is 0 Å². The molecule has 2 N–H and O–H groups in total. The molecule has 0 aliphatic carbocycles. The molecule has 0 saturated heterocycles. The third-order valence-corrected chi connectivity index (χ3v) is 2.51. The Morgan fingerprint density at radius 2 is 1.32 bits per heavy atom. The van der Waals surface area contributed by atoms with Crippen molar-refractivity contribution in [1.29, 1.82) is 0 Å². The van der Waals surface area contributed by atoms with Gasteiger partial charge in [0, 0.05) is 11.3 Å². The molecule has 108 valence electrons. The van der Waals surface area contributed by atoms with Crippen LogP contribution in [-0.4, -0.2) is 12.4 Å². The molecular weight excluding hydrogens is 286 g/mol. The zero-order chi connectivity index (χ0) is 15.2. The molecule has 1 nitrogen and oxygen atoms in total. The molecule has 1 aromatic rings. The number of anilines is 1. The maximum absolute atomic E-state index is 13.6. The molecule has 0 aliphatic rings. The van der Waals surface area contributed by atoms with Crippen molar-refractivity contribution in [3.8, 4) is 0 Å². The van der Waals surface area contributed by atoms with Gasteiger partial charge in [0.2, 0.25) is 0 Å².